The smallest absolute Gasteiger partial charge is 0.228 e. The predicted molar refractivity (Wildman–Crippen MR) is 79.0 cm³/mol. The number of hydrogen-bond donors (Lipinski definition) is 1. The van der Waals surface area contributed by atoms with Gasteiger partial charge in [-0.15, -0.1) is 0 Å². The zero-order chi connectivity index (χ0) is 13.8. The van der Waals surface area contributed by atoms with Crippen LogP contribution in [0.15, 0.2) is 27.2 Å². The molecule has 1 aromatic heterocycles. The molecule has 0 aliphatic rings. The Morgan fingerprint density at radius 1 is 1.42 bits per heavy atom. The van der Waals surface area contributed by atoms with Crippen LogP contribution in [-0.4, -0.2) is 22.7 Å². The number of nitrogens with zero attached hydrogens (tertiary/aromatic N) is 2. The van der Waals surface area contributed by atoms with E-state index in [9.17, 15) is 0 Å². The summed E-state index contributed by atoms with van der Waals surface area (Å²) < 4.78 is 6.34. The third kappa shape index (κ3) is 3.64. The monoisotopic (exact) mass is 323 g/mol. The number of halogens is 1. The van der Waals surface area contributed by atoms with Crippen molar-refractivity contribution in [1.82, 2.24) is 15.5 Å². The highest BCUT2D eigenvalue weighted by molar-refractivity contribution is 9.10. The van der Waals surface area contributed by atoms with Crippen molar-refractivity contribution in [2.24, 2.45) is 0 Å². The summed E-state index contributed by atoms with van der Waals surface area (Å²) in [6.45, 7) is 7.18. The number of benzene rings is 1. The number of aromatic nitrogens is 2. The summed E-state index contributed by atoms with van der Waals surface area (Å²) in [4.78, 5) is 4.43. The van der Waals surface area contributed by atoms with Crippen molar-refractivity contribution in [3.05, 3.63) is 34.1 Å². The minimum absolute atomic E-state index is 0.336. The number of hydrogen-bond acceptors (Lipinski definition) is 4. The second kappa shape index (κ2) is 6.30. The van der Waals surface area contributed by atoms with Crippen LogP contribution in [0, 0.1) is 6.92 Å². The minimum atomic E-state index is 0.336. The maximum Gasteiger partial charge on any atom is 0.228 e. The molecule has 1 aromatic carbocycles. The van der Waals surface area contributed by atoms with E-state index in [0.29, 0.717) is 17.8 Å². The molecule has 0 aliphatic heterocycles. The topological polar surface area (TPSA) is 51.0 Å². The number of aryl methyl sites for hydroxylation is 1. The number of nitrogens with one attached hydrogen (secondary N) is 1. The zero-order valence-electron chi connectivity index (χ0n) is 11.4. The van der Waals surface area contributed by atoms with Gasteiger partial charge in [-0.1, -0.05) is 40.1 Å². The summed E-state index contributed by atoms with van der Waals surface area (Å²) in [6.07, 6.45) is 0.744. The summed E-state index contributed by atoms with van der Waals surface area (Å²) >= 11 is 3.51. The molecule has 1 atom stereocenters. The second-order valence-electron chi connectivity index (χ2n) is 4.64. The Balaban J connectivity index is 2.14. The molecule has 4 nitrogen and oxygen atoms in total. The van der Waals surface area contributed by atoms with E-state index in [2.05, 4.69) is 45.2 Å². The van der Waals surface area contributed by atoms with E-state index in [0.717, 1.165) is 23.0 Å². The van der Waals surface area contributed by atoms with Gasteiger partial charge in [0.05, 0.1) is 0 Å². The molecule has 2 rings (SSSR count). The molecule has 0 saturated carbocycles. The van der Waals surface area contributed by atoms with Gasteiger partial charge in [0.15, 0.2) is 0 Å². The molecule has 1 unspecified atom stereocenters. The summed E-state index contributed by atoms with van der Waals surface area (Å²) in [5.74, 6) is 1.31. The molecular weight excluding hydrogens is 306 g/mol. The van der Waals surface area contributed by atoms with Gasteiger partial charge >= 0.3 is 0 Å². The standard InChI is InChI=1S/C14H18BrN3O/c1-4-16-10(3)7-13-17-14(18-19-13)11-6-5-9(2)12(15)8-11/h5-6,8,10,16H,4,7H2,1-3H3. The Bertz CT molecular complexity index is 553. The zero-order valence-corrected chi connectivity index (χ0v) is 13.0. The van der Waals surface area contributed by atoms with Crippen LogP contribution in [-0.2, 0) is 6.42 Å². The fraction of sp³-hybridized carbons (Fsp3) is 0.429. The van der Waals surface area contributed by atoms with Crippen molar-refractivity contribution < 1.29 is 4.52 Å². The summed E-state index contributed by atoms with van der Waals surface area (Å²) in [6, 6.07) is 6.39. The van der Waals surface area contributed by atoms with Crippen molar-refractivity contribution in [3.63, 3.8) is 0 Å². The van der Waals surface area contributed by atoms with Crippen molar-refractivity contribution in [2.45, 2.75) is 33.2 Å². The Morgan fingerprint density at radius 3 is 2.89 bits per heavy atom. The molecule has 1 heterocycles. The molecule has 102 valence electrons. The van der Waals surface area contributed by atoms with Crippen LogP contribution >= 0.6 is 15.9 Å². The van der Waals surface area contributed by atoms with E-state index in [4.69, 9.17) is 4.52 Å². The second-order valence-corrected chi connectivity index (χ2v) is 5.49. The third-order valence-electron chi connectivity index (χ3n) is 2.93. The van der Waals surface area contributed by atoms with E-state index in [1.54, 1.807) is 0 Å². The normalized spacial score (nSPS) is 12.6. The van der Waals surface area contributed by atoms with E-state index in [1.807, 2.05) is 25.1 Å². The fourth-order valence-electron chi connectivity index (χ4n) is 1.87. The molecule has 0 bridgehead atoms. The van der Waals surface area contributed by atoms with Crippen LogP contribution in [0.25, 0.3) is 11.4 Å². The van der Waals surface area contributed by atoms with Crippen LogP contribution in [0.1, 0.15) is 25.3 Å². The molecular formula is C14H18BrN3O. The maximum atomic E-state index is 5.29. The first-order chi connectivity index (χ1) is 9.10. The first-order valence-corrected chi connectivity index (χ1v) is 7.22. The van der Waals surface area contributed by atoms with Gasteiger partial charge in [-0.3, -0.25) is 0 Å². The van der Waals surface area contributed by atoms with E-state index in [-0.39, 0.29) is 0 Å². The largest absolute Gasteiger partial charge is 0.339 e. The first kappa shape index (κ1) is 14.2. The lowest BCUT2D eigenvalue weighted by Gasteiger charge is -2.07. The van der Waals surface area contributed by atoms with E-state index >= 15 is 0 Å². The van der Waals surface area contributed by atoms with Gasteiger partial charge in [0.1, 0.15) is 0 Å². The van der Waals surface area contributed by atoms with E-state index in [1.165, 1.54) is 5.56 Å². The van der Waals surface area contributed by atoms with Crippen LogP contribution in [0.3, 0.4) is 0 Å². The Hall–Kier alpha value is -1.20. The third-order valence-corrected chi connectivity index (χ3v) is 3.79. The SMILES string of the molecule is CCNC(C)Cc1nc(-c2ccc(C)c(Br)c2)no1. The van der Waals surface area contributed by atoms with Crippen molar-refractivity contribution in [3.8, 4) is 11.4 Å². The lowest BCUT2D eigenvalue weighted by atomic mass is 10.1. The molecule has 0 aliphatic carbocycles. The van der Waals surface area contributed by atoms with Gasteiger partial charge in [0.2, 0.25) is 11.7 Å². The highest BCUT2D eigenvalue weighted by atomic mass is 79.9. The number of likely N-dealkylation sites (N-methyl/N-ethyl adjacent to an activating group) is 1. The van der Waals surface area contributed by atoms with E-state index < -0.39 is 0 Å². The maximum absolute atomic E-state index is 5.29. The molecule has 0 amide bonds. The van der Waals surface area contributed by atoms with Crippen molar-refractivity contribution >= 4 is 15.9 Å². The Kier molecular flexibility index (Phi) is 4.71. The predicted octanol–water partition coefficient (Wildman–Crippen LogP) is 3.35. The quantitative estimate of drug-likeness (QED) is 0.916. The van der Waals surface area contributed by atoms with Crippen LogP contribution in [0.2, 0.25) is 0 Å². The molecule has 0 saturated heterocycles. The highest BCUT2D eigenvalue weighted by Crippen LogP contribution is 2.23. The molecule has 19 heavy (non-hydrogen) atoms. The molecule has 0 spiro atoms. The molecule has 2 aromatic rings. The minimum Gasteiger partial charge on any atom is -0.339 e. The molecule has 1 N–H and O–H groups in total. The average Bonchev–Trinajstić information content (AvgIpc) is 2.81. The van der Waals surface area contributed by atoms with Crippen molar-refractivity contribution in [1.29, 1.82) is 0 Å². The van der Waals surface area contributed by atoms with Gasteiger partial charge in [-0.05, 0) is 32.0 Å². The Morgan fingerprint density at radius 2 is 2.21 bits per heavy atom. The van der Waals surface area contributed by atoms with Crippen molar-refractivity contribution in [2.75, 3.05) is 6.54 Å². The Labute approximate surface area is 121 Å². The van der Waals surface area contributed by atoms with Gasteiger partial charge in [-0.25, -0.2) is 0 Å². The fourth-order valence-corrected chi connectivity index (χ4v) is 2.25. The van der Waals surface area contributed by atoms with Gasteiger partial charge in [0, 0.05) is 22.5 Å². The average molecular weight is 324 g/mol. The van der Waals surface area contributed by atoms with Gasteiger partial charge in [0.25, 0.3) is 0 Å². The van der Waals surface area contributed by atoms with Gasteiger partial charge in [-0.2, -0.15) is 4.98 Å². The lowest BCUT2D eigenvalue weighted by molar-refractivity contribution is 0.363. The number of rotatable bonds is 5. The molecule has 5 heteroatoms. The lowest BCUT2D eigenvalue weighted by Crippen LogP contribution is -2.27. The summed E-state index contributed by atoms with van der Waals surface area (Å²) in [5, 5.41) is 7.36. The first-order valence-electron chi connectivity index (χ1n) is 6.42. The summed E-state index contributed by atoms with van der Waals surface area (Å²) in [7, 11) is 0. The van der Waals surface area contributed by atoms with Crippen LogP contribution in [0.4, 0.5) is 0 Å². The highest BCUT2D eigenvalue weighted by Gasteiger charge is 2.12. The van der Waals surface area contributed by atoms with Crippen LogP contribution < -0.4 is 5.32 Å². The molecule has 0 radical (unpaired) electrons. The van der Waals surface area contributed by atoms with Crippen LogP contribution in [0.5, 0.6) is 0 Å². The summed E-state index contributed by atoms with van der Waals surface area (Å²) in [5.41, 5.74) is 2.15. The molecule has 0 fully saturated rings. The van der Waals surface area contributed by atoms with Gasteiger partial charge < -0.3 is 9.84 Å².